The number of benzene rings is 1. The van der Waals surface area contributed by atoms with E-state index >= 15 is 0 Å². The number of hydrogen-bond donors (Lipinski definition) is 1. The molecule has 1 N–H and O–H groups in total. The van der Waals surface area contributed by atoms with Crippen molar-refractivity contribution in [3.63, 3.8) is 0 Å². The number of ether oxygens (including phenoxy) is 2. The fourth-order valence-corrected chi connectivity index (χ4v) is 5.44. The van der Waals surface area contributed by atoms with E-state index in [0.717, 1.165) is 55.4 Å². The van der Waals surface area contributed by atoms with Gasteiger partial charge in [0.05, 0.1) is 0 Å². The summed E-state index contributed by atoms with van der Waals surface area (Å²) in [7, 11) is 0. The highest BCUT2D eigenvalue weighted by atomic mass is 16.6. The zero-order chi connectivity index (χ0) is 28.1. The highest BCUT2D eigenvalue weighted by Crippen LogP contribution is 2.42. The molecule has 0 fully saturated rings. The fraction of sp³-hybridized carbons (Fsp3) is 0.706. The Kier molecular flexibility index (Phi) is 17.4. The van der Waals surface area contributed by atoms with E-state index in [2.05, 4.69) is 13.8 Å². The maximum Gasteiger partial charge on any atom is 0.336 e. The predicted molar refractivity (Wildman–Crippen MR) is 160 cm³/mol. The third-order valence-corrected chi connectivity index (χ3v) is 7.77. The summed E-state index contributed by atoms with van der Waals surface area (Å²) >= 11 is 0. The third kappa shape index (κ3) is 13.6. The maximum absolute atomic E-state index is 12.3. The molecule has 0 amide bonds. The molecule has 1 aliphatic heterocycles. The van der Waals surface area contributed by atoms with Crippen LogP contribution >= 0.6 is 0 Å². The molecule has 1 aromatic rings. The van der Waals surface area contributed by atoms with Gasteiger partial charge in [-0.15, -0.1) is 0 Å². The summed E-state index contributed by atoms with van der Waals surface area (Å²) in [6, 6.07) is 1.44. The van der Waals surface area contributed by atoms with Crippen LogP contribution in [0.1, 0.15) is 153 Å². The Balaban J connectivity index is 1.93. The highest BCUT2D eigenvalue weighted by Gasteiger charge is 2.24. The first-order chi connectivity index (χ1) is 19.1. The molecule has 0 radical (unpaired) electrons. The van der Waals surface area contributed by atoms with E-state index in [1.54, 1.807) is 0 Å². The topological polar surface area (TPSA) is 72.8 Å². The van der Waals surface area contributed by atoms with Crippen LogP contribution in [0, 0.1) is 0 Å². The van der Waals surface area contributed by atoms with Crippen molar-refractivity contribution in [3.05, 3.63) is 29.3 Å². The number of esters is 2. The molecule has 0 spiro atoms. The van der Waals surface area contributed by atoms with E-state index in [1.807, 2.05) is 0 Å². The lowest BCUT2D eigenvalue weighted by atomic mass is 9.94. The van der Waals surface area contributed by atoms with E-state index in [0.29, 0.717) is 12.2 Å². The van der Waals surface area contributed by atoms with Gasteiger partial charge in [-0.05, 0) is 25.7 Å². The smallest absolute Gasteiger partial charge is 0.336 e. The molecule has 0 saturated carbocycles. The SMILES string of the molecule is CCCCCCCCCCCCc1c(O)cc2c(c1CCCCCCCCCCCC)OC(=O)/C=C/C(=O)O2. The van der Waals surface area contributed by atoms with E-state index < -0.39 is 11.9 Å². The van der Waals surface area contributed by atoms with Crippen molar-refractivity contribution in [3.8, 4) is 17.2 Å². The van der Waals surface area contributed by atoms with Crippen molar-refractivity contribution < 1.29 is 24.2 Å². The fourth-order valence-electron chi connectivity index (χ4n) is 5.44. The van der Waals surface area contributed by atoms with Crippen LogP contribution in [0.15, 0.2) is 18.2 Å². The standard InChI is InChI=1S/C34H54O5/c1-3-5-7-9-11-13-15-17-19-21-23-28-29(24-22-20-18-16-14-12-10-8-6-4-2)34-31(27-30(28)35)38-32(36)25-26-33(37)39-34/h25-27,35H,3-24H2,1-2H3/b26-25+. The van der Waals surface area contributed by atoms with Gasteiger partial charge in [0.1, 0.15) is 5.75 Å². The Bertz CT molecular complexity index is 873. The van der Waals surface area contributed by atoms with Crippen LogP contribution in [0.2, 0.25) is 0 Å². The summed E-state index contributed by atoms with van der Waals surface area (Å²) in [4.78, 5) is 24.4. The lowest BCUT2D eigenvalue weighted by molar-refractivity contribution is -0.133. The summed E-state index contributed by atoms with van der Waals surface area (Å²) in [5.74, 6) is -0.676. The van der Waals surface area contributed by atoms with Crippen molar-refractivity contribution in [1.82, 2.24) is 0 Å². The Morgan fingerprint density at radius 1 is 0.538 bits per heavy atom. The lowest BCUT2D eigenvalue weighted by Gasteiger charge is -2.20. The molecule has 1 heterocycles. The molecule has 5 nitrogen and oxygen atoms in total. The summed E-state index contributed by atoms with van der Waals surface area (Å²) < 4.78 is 11.0. The van der Waals surface area contributed by atoms with Gasteiger partial charge >= 0.3 is 11.9 Å². The molecule has 0 saturated heterocycles. The minimum absolute atomic E-state index is 0.125. The van der Waals surface area contributed by atoms with Gasteiger partial charge in [-0.25, -0.2) is 9.59 Å². The number of fused-ring (bicyclic) bond motifs is 1. The van der Waals surface area contributed by atoms with E-state index in [9.17, 15) is 14.7 Å². The highest BCUT2D eigenvalue weighted by molar-refractivity contribution is 5.95. The zero-order valence-electron chi connectivity index (χ0n) is 24.9. The number of unbranched alkanes of at least 4 members (excludes halogenated alkanes) is 18. The van der Waals surface area contributed by atoms with Gasteiger partial charge in [0, 0.05) is 29.3 Å². The molecule has 39 heavy (non-hydrogen) atoms. The maximum atomic E-state index is 12.3. The zero-order valence-corrected chi connectivity index (χ0v) is 24.9. The molecule has 0 unspecified atom stereocenters. The first-order valence-electron chi connectivity index (χ1n) is 16.1. The summed E-state index contributed by atoms with van der Waals surface area (Å²) in [6.45, 7) is 4.50. The lowest BCUT2D eigenvalue weighted by Crippen LogP contribution is -2.16. The number of phenolic OH excluding ortho intramolecular Hbond substituents is 1. The molecule has 220 valence electrons. The van der Waals surface area contributed by atoms with Gasteiger partial charge in [0.15, 0.2) is 11.5 Å². The summed E-state index contributed by atoms with van der Waals surface area (Å²) in [5, 5.41) is 10.9. The Labute approximate surface area is 237 Å². The van der Waals surface area contributed by atoms with Crippen molar-refractivity contribution in [1.29, 1.82) is 0 Å². The molecule has 1 aliphatic rings. The normalized spacial score (nSPS) is 13.9. The number of rotatable bonds is 22. The second kappa shape index (κ2) is 20.6. The molecule has 0 aliphatic carbocycles. The minimum atomic E-state index is -0.639. The van der Waals surface area contributed by atoms with Crippen molar-refractivity contribution in [2.75, 3.05) is 0 Å². The van der Waals surface area contributed by atoms with Crippen LogP contribution < -0.4 is 9.47 Å². The number of aromatic hydroxyl groups is 1. The quantitative estimate of drug-likeness (QED) is 0.0897. The number of hydrogen-bond acceptors (Lipinski definition) is 5. The Morgan fingerprint density at radius 2 is 0.923 bits per heavy atom. The van der Waals surface area contributed by atoms with E-state index in [-0.39, 0.29) is 11.5 Å². The van der Waals surface area contributed by atoms with Crippen molar-refractivity contribution in [2.45, 2.75) is 155 Å². The molecule has 0 bridgehead atoms. The van der Waals surface area contributed by atoms with Crippen molar-refractivity contribution in [2.24, 2.45) is 0 Å². The second-order valence-corrected chi connectivity index (χ2v) is 11.2. The van der Waals surface area contributed by atoms with Crippen LogP contribution in [-0.4, -0.2) is 17.0 Å². The Hall–Kier alpha value is -2.30. The third-order valence-electron chi connectivity index (χ3n) is 7.77. The molecule has 1 aromatic carbocycles. The molecule has 5 heteroatoms. The average Bonchev–Trinajstić information content (AvgIpc) is 2.91. The van der Waals surface area contributed by atoms with Crippen LogP contribution in [0.4, 0.5) is 0 Å². The summed E-state index contributed by atoms with van der Waals surface area (Å²) in [5.41, 5.74) is 1.65. The Morgan fingerprint density at radius 3 is 1.38 bits per heavy atom. The second-order valence-electron chi connectivity index (χ2n) is 11.2. The van der Waals surface area contributed by atoms with Gasteiger partial charge in [0.25, 0.3) is 0 Å². The van der Waals surface area contributed by atoms with Crippen LogP contribution in [0.3, 0.4) is 0 Å². The largest absolute Gasteiger partial charge is 0.508 e. The molecular formula is C34H54O5. The molecule has 2 rings (SSSR count). The van der Waals surface area contributed by atoms with Crippen LogP contribution in [0.5, 0.6) is 17.2 Å². The minimum Gasteiger partial charge on any atom is -0.508 e. The monoisotopic (exact) mass is 542 g/mol. The molecule has 0 aromatic heterocycles. The van der Waals surface area contributed by atoms with Gasteiger partial charge < -0.3 is 14.6 Å². The van der Waals surface area contributed by atoms with Gasteiger partial charge in [0.2, 0.25) is 0 Å². The number of carbonyl (C=O) groups is 2. The first kappa shape index (κ1) is 32.9. The predicted octanol–water partition coefficient (Wildman–Crippen LogP) is 9.70. The van der Waals surface area contributed by atoms with Crippen LogP contribution in [-0.2, 0) is 22.4 Å². The van der Waals surface area contributed by atoms with Crippen LogP contribution in [0.25, 0.3) is 0 Å². The average molecular weight is 543 g/mol. The number of phenols is 1. The van der Waals surface area contributed by atoms with Gasteiger partial charge in [-0.3, -0.25) is 0 Å². The van der Waals surface area contributed by atoms with Gasteiger partial charge in [-0.2, -0.15) is 0 Å². The van der Waals surface area contributed by atoms with E-state index in [1.165, 1.54) is 109 Å². The van der Waals surface area contributed by atoms with Crippen molar-refractivity contribution >= 4 is 11.9 Å². The summed E-state index contributed by atoms with van der Waals surface area (Å²) in [6.07, 6.45) is 28.4. The van der Waals surface area contributed by atoms with E-state index in [4.69, 9.17) is 9.47 Å². The molecular weight excluding hydrogens is 488 g/mol. The number of carbonyl (C=O) groups excluding carboxylic acids is 2. The first-order valence-corrected chi connectivity index (χ1v) is 16.1. The van der Waals surface area contributed by atoms with Gasteiger partial charge in [-0.1, -0.05) is 129 Å². The molecule has 0 atom stereocenters.